The minimum atomic E-state index is -0.669. The maximum atomic E-state index is 14.4. The number of nitrogens with zero attached hydrogens (tertiary/aromatic N) is 2. The minimum Gasteiger partial charge on any atom is -0.444 e. The van der Waals surface area contributed by atoms with E-state index in [1.165, 1.54) is 12.1 Å². The van der Waals surface area contributed by atoms with E-state index in [1.54, 1.807) is 6.07 Å². The van der Waals surface area contributed by atoms with Gasteiger partial charge in [0.2, 0.25) is 11.8 Å². The number of benzene rings is 1. The monoisotopic (exact) mass is 582 g/mol. The molecule has 9 heteroatoms. The fourth-order valence-electron chi connectivity index (χ4n) is 7.33. The number of rotatable bonds is 5. The molecule has 4 fully saturated rings. The number of likely N-dealkylation sites (tertiary alicyclic amines) is 2. The summed E-state index contributed by atoms with van der Waals surface area (Å²) >= 11 is 0. The molecule has 4 aliphatic rings. The number of ether oxygens (including phenoxy) is 1. The van der Waals surface area contributed by atoms with Crippen LogP contribution >= 0.6 is 0 Å². The Labute approximate surface area is 248 Å². The largest absolute Gasteiger partial charge is 0.444 e. The third kappa shape index (κ3) is 6.16. The van der Waals surface area contributed by atoms with Gasteiger partial charge < -0.3 is 24.8 Å². The number of alkyl carbamates (subject to hydrolysis) is 1. The summed E-state index contributed by atoms with van der Waals surface area (Å²) in [4.78, 5) is 47.9. The van der Waals surface area contributed by atoms with E-state index in [1.807, 2.05) is 50.6 Å². The number of carbonyl (C=O) groups is 3. The fourth-order valence-corrected chi connectivity index (χ4v) is 7.33. The van der Waals surface area contributed by atoms with Crippen LogP contribution in [-0.2, 0) is 14.3 Å². The predicted octanol–water partition coefficient (Wildman–Crippen LogP) is 6.11. The first-order valence-corrected chi connectivity index (χ1v) is 16.0. The van der Waals surface area contributed by atoms with E-state index in [4.69, 9.17) is 4.74 Å². The van der Waals surface area contributed by atoms with Gasteiger partial charge in [-0.1, -0.05) is 33.1 Å². The van der Waals surface area contributed by atoms with E-state index < -0.39 is 17.7 Å². The Morgan fingerprint density at radius 3 is 2.40 bits per heavy atom. The second kappa shape index (κ2) is 12.3. The Balaban J connectivity index is 0.00000173. The van der Waals surface area contributed by atoms with Gasteiger partial charge in [0.05, 0.1) is 12.1 Å². The number of halogens is 1. The van der Waals surface area contributed by atoms with Gasteiger partial charge in [0, 0.05) is 42.0 Å². The molecule has 42 heavy (non-hydrogen) atoms. The topological polar surface area (TPSA) is 94.7 Å². The van der Waals surface area contributed by atoms with E-state index in [-0.39, 0.29) is 47.5 Å². The maximum Gasteiger partial charge on any atom is 0.408 e. The Morgan fingerprint density at radius 1 is 1.02 bits per heavy atom. The summed E-state index contributed by atoms with van der Waals surface area (Å²) in [7, 11) is 0. The molecule has 230 valence electrons. The third-order valence-corrected chi connectivity index (χ3v) is 9.25. The highest BCUT2D eigenvalue weighted by Gasteiger charge is 2.55. The normalized spacial score (nSPS) is 25.0. The number of H-pyrrole nitrogens is 1. The summed E-state index contributed by atoms with van der Waals surface area (Å²) in [5.41, 5.74) is 1.05. The summed E-state index contributed by atoms with van der Waals surface area (Å²) in [6, 6.07) is 3.79. The van der Waals surface area contributed by atoms with Crippen LogP contribution in [-0.4, -0.2) is 69.5 Å². The quantitative estimate of drug-likeness (QED) is 0.445. The first-order valence-electron chi connectivity index (χ1n) is 16.0. The van der Waals surface area contributed by atoms with Crippen LogP contribution in [0.1, 0.15) is 97.5 Å². The van der Waals surface area contributed by atoms with Gasteiger partial charge in [-0.25, -0.2) is 9.18 Å². The fraction of sp³-hybridized carbons (Fsp3) is 0.667. The molecule has 2 saturated carbocycles. The lowest BCUT2D eigenvalue weighted by molar-refractivity contribution is -0.137. The van der Waals surface area contributed by atoms with Crippen LogP contribution in [0.3, 0.4) is 0 Å². The summed E-state index contributed by atoms with van der Waals surface area (Å²) in [6.07, 6.45) is 8.89. The van der Waals surface area contributed by atoms with E-state index in [2.05, 4.69) is 10.3 Å². The molecule has 0 bridgehead atoms. The second-order valence-corrected chi connectivity index (χ2v) is 13.2. The van der Waals surface area contributed by atoms with E-state index in [9.17, 15) is 18.8 Å². The average molecular weight is 583 g/mol. The number of aromatic amines is 1. The first kappa shape index (κ1) is 30.4. The molecule has 8 nitrogen and oxygen atoms in total. The molecule has 1 aromatic carbocycles. The molecule has 2 aromatic rings. The van der Waals surface area contributed by atoms with E-state index >= 15 is 0 Å². The van der Waals surface area contributed by atoms with Gasteiger partial charge in [0.1, 0.15) is 17.5 Å². The molecule has 2 aliphatic carbocycles. The van der Waals surface area contributed by atoms with Crippen molar-refractivity contribution in [1.82, 2.24) is 20.1 Å². The molecule has 3 heterocycles. The summed E-state index contributed by atoms with van der Waals surface area (Å²) in [5, 5.41) is 3.88. The van der Waals surface area contributed by atoms with Crippen LogP contribution < -0.4 is 5.32 Å². The SMILES string of the molecule is CC.CC(C)(C)OC(=O)NC(C(=O)N1CC[C@@H]2[C@H]1[C@@H](c1c[nH]c3cc(F)ccc13)CN2C(=O)C1CC1)C1CCCCC1. The standard InChI is InChI=1S/C31H41FN4O4.C2H6/c1-31(2,3)40-30(39)34-26(18-7-5-4-6-8-18)29(38)35-14-13-25-27(35)23(17-36(25)28(37)19-9-10-19)22-16-33-24-15-20(32)11-12-21(22)24;1-2/h11-12,15-16,18-19,23,25-27,33H,4-10,13-14,17H2,1-3H3,(H,34,39);1-2H3/t23-,25-,26?,27-;/m1./s1. The molecule has 0 radical (unpaired) electrons. The van der Waals surface area contributed by atoms with Crippen LogP contribution in [0.2, 0.25) is 0 Å². The van der Waals surface area contributed by atoms with Crippen molar-refractivity contribution in [3.8, 4) is 0 Å². The first-order chi connectivity index (χ1) is 20.1. The molecule has 2 N–H and O–H groups in total. The van der Waals surface area contributed by atoms with Crippen molar-refractivity contribution in [2.45, 2.75) is 116 Å². The Bertz CT molecular complexity index is 1290. The number of nitrogens with one attached hydrogen (secondary N) is 2. The van der Waals surface area contributed by atoms with Crippen molar-refractivity contribution < 1.29 is 23.5 Å². The number of fused-ring (bicyclic) bond motifs is 2. The lowest BCUT2D eigenvalue weighted by Gasteiger charge is -2.36. The highest BCUT2D eigenvalue weighted by Crippen LogP contribution is 2.46. The molecule has 4 atom stereocenters. The molecule has 3 amide bonds. The number of carbonyl (C=O) groups excluding carboxylic acids is 3. The molecule has 0 spiro atoms. The van der Waals surface area contributed by atoms with Gasteiger partial charge in [-0.05, 0) is 82.6 Å². The highest BCUT2D eigenvalue weighted by molar-refractivity contribution is 5.89. The summed E-state index contributed by atoms with van der Waals surface area (Å²) in [5.74, 6) is -0.169. The van der Waals surface area contributed by atoms with Gasteiger partial charge in [-0.3, -0.25) is 9.59 Å². The van der Waals surface area contributed by atoms with Crippen molar-refractivity contribution in [1.29, 1.82) is 0 Å². The van der Waals surface area contributed by atoms with Crippen molar-refractivity contribution in [3.05, 3.63) is 35.8 Å². The van der Waals surface area contributed by atoms with Crippen molar-refractivity contribution in [2.24, 2.45) is 11.8 Å². The summed E-state index contributed by atoms with van der Waals surface area (Å²) < 4.78 is 19.5. The number of amides is 3. The van der Waals surface area contributed by atoms with Gasteiger partial charge in [0.25, 0.3) is 0 Å². The molecule has 1 aromatic heterocycles. The van der Waals surface area contributed by atoms with Crippen LogP contribution in [0.5, 0.6) is 0 Å². The molecule has 1 unspecified atom stereocenters. The Hall–Kier alpha value is -3.10. The van der Waals surface area contributed by atoms with Crippen molar-refractivity contribution >= 4 is 28.8 Å². The number of aromatic nitrogens is 1. The predicted molar refractivity (Wildman–Crippen MR) is 160 cm³/mol. The average Bonchev–Trinajstić information content (AvgIpc) is 3.43. The van der Waals surface area contributed by atoms with Crippen LogP contribution in [0, 0.1) is 17.7 Å². The zero-order valence-corrected chi connectivity index (χ0v) is 25.7. The summed E-state index contributed by atoms with van der Waals surface area (Å²) in [6.45, 7) is 10.5. The zero-order valence-electron chi connectivity index (χ0n) is 25.7. The number of hydrogen-bond donors (Lipinski definition) is 2. The molecular weight excluding hydrogens is 535 g/mol. The lowest BCUT2D eigenvalue weighted by Crippen LogP contribution is -2.55. The molecule has 6 rings (SSSR count). The smallest absolute Gasteiger partial charge is 0.408 e. The van der Waals surface area contributed by atoms with E-state index in [0.29, 0.717) is 25.0 Å². The maximum absolute atomic E-state index is 14.4. The van der Waals surface area contributed by atoms with Crippen molar-refractivity contribution in [2.75, 3.05) is 13.1 Å². The molecular formula is C33H47FN4O4. The van der Waals surface area contributed by atoms with Gasteiger partial charge >= 0.3 is 6.09 Å². The van der Waals surface area contributed by atoms with Gasteiger partial charge in [-0.2, -0.15) is 0 Å². The van der Waals surface area contributed by atoms with Gasteiger partial charge in [0.15, 0.2) is 0 Å². The van der Waals surface area contributed by atoms with Crippen LogP contribution in [0.15, 0.2) is 24.4 Å². The molecule has 2 aliphatic heterocycles. The third-order valence-electron chi connectivity index (χ3n) is 9.25. The van der Waals surface area contributed by atoms with Crippen LogP contribution in [0.25, 0.3) is 10.9 Å². The second-order valence-electron chi connectivity index (χ2n) is 13.2. The minimum absolute atomic E-state index is 0.0490. The zero-order chi connectivity index (χ0) is 30.2. The van der Waals surface area contributed by atoms with Crippen LogP contribution in [0.4, 0.5) is 9.18 Å². The lowest BCUT2D eigenvalue weighted by atomic mass is 9.83. The Kier molecular flexibility index (Phi) is 8.86. The van der Waals surface area contributed by atoms with Crippen molar-refractivity contribution in [3.63, 3.8) is 0 Å². The Morgan fingerprint density at radius 2 is 1.74 bits per heavy atom. The highest BCUT2D eigenvalue weighted by atomic mass is 19.1. The molecule has 2 saturated heterocycles. The number of hydrogen-bond acceptors (Lipinski definition) is 4. The van der Waals surface area contributed by atoms with E-state index in [0.717, 1.165) is 55.9 Å². The van der Waals surface area contributed by atoms with Gasteiger partial charge in [-0.15, -0.1) is 0 Å².